The molecule has 1 rings (SSSR count). The Hall–Kier alpha value is -1.79. The van der Waals surface area contributed by atoms with Gasteiger partial charge >= 0.3 is 6.18 Å². The average molecular weight is 265 g/mol. The van der Waals surface area contributed by atoms with Crippen LogP contribution in [0.2, 0.25) is 0 Å². The molecule has 0 aliphatic heterocycles. The first-order valence-electron chi connectivity index (χ1n) is 5.13. The van der Waals surface area contributed by atoms with Crippen molar-refractivity contribution in [3.05, 3.63) is 29.6 Å². The summed E-state index contributed by atoms with van der Waals surface area (Å²) in [5.41, 5.74) is -0.320. The van der Waals surface area contributed by atoms with E-state index in [4.69, 9.17) is 5.11 Å². The standard InChI is InChI=1S/C11H11F4NO2/c12-9-6-7(17)2-3-8(9)10(18)16-5-1-4-11(13,14)15/h2-3,6,17H,1,4-5H2,(H,16,18). The number of benzene rings is 1. The molecule has 1 aromatic rings. The Balaban J connectivity index is 2.46. The molecule has 100 valence electrons. The van der Waals surface area contributed by atoms with Gasteiger partial charge in [-0.15, -0.1) is 0 Å². The minimum Gasteiger partial charge on any atom is -0.508 e. The highest BCUT2D eigenvalue weighted by Crippen LogP contribution is 2.20. The molecule has 0 heterocycles. The van der Waals surface area contributed by atoms with E-state index in [-0.39, 0.29) is 24.3 Å². The summed E-state index contributed by atoms with van der Waals surface area (Å²) in [5, 5.41) is 11.1. The summed E-state index contributed by atoms with van der Waals surface area (Å²) in [6, 6.07) is 2.93. The topological polar surface area (TPSA) is 49.3 Å². The van der Waals surface area contributed by atoms with Crippen molar-refractivity contribution < 1.29 is 27.5 Å². The smallest absolute Gasteiger partial charge is 0.389 e. The summed E-state index contributed by atoms with van der Waals surface area (Å²) in [4.78, 5) is 11.4. The summed E-state index contributed by atoms with van der Waals surface area (Å²) >= 11 is 0. The normalized spacial score (nSPS) is 11.3. The number of nitrogens with one attached hydrogen (secondary N) is 1. The third kappa shape index (κ3) is 4.60. The minimum absolute atomic E-state index is 0.196. The first kappa shape index (κ1) is 14.3. The van der Waals surface area contributed by atoms with Gasteiger partial charge in [-0.3, -0.25) is 4.79 Å². The SMILES string of the molecule is O=C(NCCCC(F)(F)F)c1ccc(O)cc1F. The van der Waals surface area contributed by atoms with Gasteiger partial charge in [0.25, 0.3) is 5.91 Å². The Labute approximate surface area is 100 Å². The number of amides is 1. The van der Waals surface area contributed by atoms with Crippen LogP contribution in [0.3, 0.4) is 0 Å². The lowest BCUT2D eigenvalue weighted by atomic mass is 10.2. The van der Waals surface area contributed by atoms with Gasteiger partial charge in [-0.25, -0.2) is 4.39 Å². The summed E-state index contributed by atoms with van der Waals surface area (Å²) < 4.78 is 48.6. The fourth-order valence-electron chi connectivity index (χ4n) is 1.27. The third-order valence-electron chi connectivity index (χ3n) is 2.12. The molecule has 0 saturated carbocycles. The highest BCUT2D eigenvalue weighted by atomic mass is 19.4. The van der Waals surface area contributed by atoms with Crippen LogP contribution in [-0.2, 0) is 0 Å². The average Bonchev–Trinajstić information content (AvgIpc) is 2.22. The molecule has 1 aromatic carbocycles. The number of halogens is 4. The van der Waals surface area contributed by atoms with Gasteiger partial charge in [0, 0.05) is 19.0 Å². The molecule has 0 aliphatic rings. The predicted octanol–water partition coefficient (Wildman–Crippen LogP) is 2.60. The maximum Gasteiger partial charge on any atom is 0.389 e. The van der Waals surface area contributed by atoms with Gasteiger partial charge in [0.1, 0.15) is 11.6 Å². The monoisotopic (exact) mass is 265 g/mol. The van der Waals surface area contributed by atoms with Crippen molar-refractivity contribution in [1.82, 2.24) is 5.32 Å². The molecule has 0 atom stereocenters. The summed E-state index contributed by atoms with van der Waals surface area (Å²) in [7, 11) is 0. The van der Waals surface area contributed by atoms with Crippen LogP contribution >= 0.6 is 0 Å². The molecule has 3 nitrogen and oxygen atoms in total. The molecule has 1 amide bonds. The lowest BCUT2D eigenvalue weighted by Gasteiger charge is -2.08. The van der Waals surface area contributed by atoms with Crippen molar-refractivity contribution in [2.24, 2.45) is 0 Å². The number of carbonyl (C=O) groups is 1. The highest BCUT2D eigenvalue weighted by molar-refractivity contribution is 5.94. The Morgan fingerprint density at radius 1 is 1.33 bits per heavy atom. The highest BCUT2D eigenvalue weighted by Gasteiger charge is 2.26. The largest absolute Gasteiger partial charge is 0.508 e. The molecular formula is C11H11F4NO2. The Morgan fingerprint density at radius 2 is 2.00 bits per heavy atom. The molecule has 7 heteroatoms. The van der Waals surface area contributed by atoms with Crippen LogP contribution in [0.25, 0.3) is 0 Å². The summed E-state index contributed by atoms with van der Waals surface area (Å²) in [5.74, 6) is -2.07. The molecule has 0 radical (unpaired) electrons. The minimum atomic E-state index is -4.27. The molecule has 0 fully saturated rings. The Bertz CT molecular complexity index is 432. The first-order chi connectivity index (χ1) is 8.29. The van der Waals surface area contributed by atoms with Crippen molar-refractivity contribution in [2.45, 2.75) is 19.0 Å². The van der Waals surface area contributed by atoms with Gasteiger partial charge in [-0.05, 0) is 18.6 Å². The molecule has 0 aromatic heterocycles. The van der Waals surface area contributed by atoms with Crippen molar-refractivity contribution in [2.75, 3.05) is 6.54 Å². The lowest BCUT2D eigenvalue weighted by Crippen LogP contribution is -2.26. The van der Waals surface area contributed by atoms with Gasteiger partial charge in [-0.1, -0.05) is 0 Å². The molecule has 18 heavy (non-hydrogen) atoms. The zero-order chi connectivity index (χ0) is 13.8. The van der Waals surface area contributed by atoms with E-state index in [2.05, 4.69) is 5.32 Å². The van der Waals surface area contributed by atoms with E-state index in [0.717, 1.165) is 18.2 Å². The van der Waals surface area contributed by atoms with E-state index < -0.39 is 24.3 Å². The lowest BCUT2D eigenvalue weighted by molar-refractivity contribution is -0.135. The second kappa shape index (κ2) is 5.70. The van der Waals surface area contributed by atoms with Gasteiger partial charge in [0.05, 0.1) is 5.56 Å². The third-order valence-corrected chi connectivity index (χ3v) is 2.12. The molecular weight excluding hydrogens is 254 g/mol. The first-order valence-corrected chi connectivity index (χ1v) is 5.13. The van der Waals surface area contributed by atoms with Crippen molar-refractivity contribution in [3.63, 3.8) is 0 Å². The van der Waals surface area contributed by atoms with Crippen molar-refractivity contribution in [3.8, 4) is 5.75 Å². The van der Waals surface area contributed by atoms with Crippen LogP contribution < -0.4 is 5.32 Å². The van der Waals surface area contributed by atoms with Gasteiger partial charge in [0.15, 0.2) is 0 Å². The zero-order valence-electron chi connectivity index (χ0n) is 9.22. The van der Waals surface area contributed by atoms with Gasteiger partial charge in [-0.2, -0.15) is 13.2 Å². The number of aromatic hydroxyl groups is 1. The van der Waals surface area contributed by atoms with Crippen LogP contribution in [0, 0.1) is 5.82 Å². The predicted molar refractivity (Wildman–Crippen MR) is 55.7 cm³/mol. The zero-order valence-corrected chi connectivity index (χ0v) is 9.22. The van der Waals surface area contributed by atoms with Gasteiger partial charge in [0.2, 0.25) is 0 Å². The number of rotatable bonds is 4. The Morgan fingerprint density at radius 3 is 2.56 bits per heavy atom. The second-order valence-corrected chi connectivity index (χ2v) is 3.64. The summed E-state index contributed by atoms with van der Waals surface area (Å²) in [6.45, 7) is -0.196. The van der Waals surface area contributed by atoms with E-state index >= 15 is 0 Å². The molecule has 0 spiro atoms. The van der Waals surface area contributed by atoms with E-state index in [1.54, 1.807) is 0 Å². The van der Waals surface area contributed by atoms with Crippen LogP contribution in [-0.4, -0.2) is 23.7 Å². The summed E-state index contributed by atoms with van der Waals surface area (Å²) in [6.07, 6.45) is -5.55. The van der Waals surface area contributed by atoms with Crippen LogP contribution in [0.4, 0.5) is 17.6 Å². The number of phenols is 1. The second-order valence-electron chi connectivity index (χ2n) is 3.64. The Kier molecular flexibility index (Phi) is 4.52. The van der Waals surface area contributed by atoms with Crippen LogP contribution in [0.15, 0.2) is 18.2 Å². The number of carbonyl (C=O) groups excluding carboxylic acids is 1. The van der Waals surface area contributed by atoms with Crippen molar-refractivity contribution in [1.29, 1.82) is 0 Å². The quantitative estimate of drug-likeness (QED) is 0.649. The van der Waals surface area contributed by atoms with E-state index in [9.17, 15) is 22.4 Å². The van der Waals surface area contributed by atoms with Crippen molar-refractivity contribution >= 4 is 5.91 Å². The number of hydrogen-bond acceptors (Lipinski definition) is 2. The van der Waals surface area contributed by atoms with Crippen LogP contribution in [0.1, 0.15) is 23.2 Å². The fourth-order valence-corrected chi connectivity index (χ4v) is 1.27. The molecule has 0 bridgehead atoms. The maximum atomic E-state index is 13.2. The molecule has 2 N–H and O–H groups in total. The molecule has 0 unspecified atom stereocenters. The molecule has 0 aliphatic carbocycles. The van der Waals surface area contributed by atoms with Crippen LogP contribution in [0.5, 0.6) is 5.75 Å². The van der Waals surface area contributed by atoms with E-state index in [0.29, 0.717) is 0 Å². The van der Waals surface area contributed by atoms with Gasteiger partial charge < -0.3 is 10.4 Å². The number of hydrogen-bond donors (Lipinski definition) is 2. The number of phenolic OH excluding ortho intramolecular Hbond substituents is 1. The fraction of sp³-hybridized carbons (Fsp3) is 0.364. The van der Waals surface area contributed by atoms with E-state index in [1.165, 1.54) is 0 Å². The maximum absolute atomic E-state index is 13.2. The van der Waals surface area contributed by atoms with E-state index in [1.807, 2.05) is 0 Å². The number of alkyl halides is 3. The molecule has 0 saturated heterocycles.